The van der Waals surface area contributed by atoms with Crippen molar-refractivity contribution in [2.45, 2.75) is 6.92 Å². The Morgan fingerprint density at radius 1 is 1.12 bits per heavy atom. The van der Waals surface area contributed by atoms with Crippen LogP contribution in [0, 0.1) is 6.92 Å². The number of hydrogen-bond acceptors (Lipinski definition) is 5. The van der Waals surface area contributed by atoms with Crippen molar-refractivity contribution < 1.29 is 9.90 Å². The summed E-state index contributed by atoms with van der Waals surface area (Å²) in [6.07, 6.45) is 1.56. The molecule has 0 spiro atoms. The number of para-hydroxylation sites is 1. The van der Waals surface area contributed by atoms with E-state index in [-0.39, 0.29) is 11.1 Å². The van der Waals surface area contributed by atoms with Crippen molar-refractivity contribution in [2.24, 2.45) is 12.1 Å². The average molecular weight is 349 g/mol. The molecular weight excluding hydrogens is 332 g/mol. The maximum Gasteiger partial charge on any atom is 0.274 e. The molecule has 7 nitrogen and oxygen atoms in total. The van der Waals surface area contributed by atoms with Crippen LogP contribution in [0.1, 0.15) is 21.6 Å². The van der Waals surface area contributed by atoms with Gasteiger partial charge in [0.1, 0.15) is 0 Å². The number of carbonyl (C=O) groups excluding carboxylic acids is 1. The van der Waals surface area contributed by atoms with Crippen LogP contribution in [0.5, 0.6) is 0 Å². The number of carboxylic acid groups (broad SMARTS) is 1. The van der Waals surface area contributed by atoms with Gasteiger partial charge in [0, 0.05) is 12.6 Å². The first-order chi connectivity index (χ1) is 12.5. The van der Waals surface area contributed by atoms with Gasteiger partial charge < -0.3 is 9.90 Å². The number of benzene rings is 2. The van der Waals surface area contributed by atoms with Gasteiger partial charge in [0.25, 0.3) is 5.56 Å². The highest BCUT2D eigenvalue weighted by molar-refractivity contribution is 5.86. The van der Waals surface area contributed by atoms with Crippen LogP contribution in [0.25, 0.3) is 5.69 Å². The Morgan fingerprint density at radius 3 is 2.38 bits per heavy atom. The highest BCUT2D eigenvalue weighted by Gasteiger charge is 2.13. The molecule has 0 saturated carbocycles. The van der Waals surface area contributed by atoms with Gasteiger partial charge in [0.15, 0.2) is 0 Å². The summed E-state index contributed by atoms with van der Waals surface area (Å²) in [5.41, 5.74) is 5.43. The van der Waals surface area contributed by atoms with E-state index < -0.39 is 5.97 Å². The summed E-state index contributed by atoms with van der Waals surface area (Å²) in [6, 6.07) is 15.4. The molecule has 132 valence electrons. The zero-order valence-electron chi connectivity index (χ0n) is 14.3. The number of hydrogen-bond donors (Lipinski definition) is 1. The molecular formula is C19H17N4O3-. The highest BCUT2D eigenvalue weighted by atomic mass is 16.4. The van der Waals surface area contributed by atoms with E-state index >= 15 is 0 Å². The lowest BCUT2D eigenvalue weighted by molar-refractivity contribution is -0.255. The van der Waals surface area contributed by atoms with E-state index in [1.54, 1.807) is 41.7 Å². The first-order valence-electron chi connectivity index (χ1n) is 7.93. The van der Waals surface area contributed by atoms with Crippen molar-refractivity contribution in [3.63, 3.8) is 0 Å². The lowest BCUT2D eigenvalue weighted by atomic mass is 10.2. The lowest BCUT2D eigenvalue weighted by Gasteiger charge is -2.08. The second-order valence-corrected chi connectivity index (χ2v) is 5.72. The number of carboxylic acids is 1. The van der Waals surface area contributed by atoms with Gasteiger partial charge >= 0.3 is 0 Å². The molecule has 0 amide bonds. The number of nitrogens with zero attached hydrogens (tertiary/aromatic N) is 3. The van der Waals surface area contributed by atoms with E-state index in [0.717, 1.165) is 5.69 Å². The molecule has 0 saturated heterocycles. The van der Waals surface area contributed by atoms with Crippen molar-refractivity contribution in [1.82, 2.24) is 9.36 Å². The lowest BCUT2D eigenvalue weighted by Crippen LogP contribution is -2.21. The van der Waals surface area contributed by atoms with E-state index in [2.05, 4.69) is 10.5 Å². The fourth-order valence-electron chi connectivity index (χ4n) is 2.64. The first kappa shape index (κ1) is 17.2. The largest absolute Gasteiger partial charge is 0.545 e. The van der Waals surface area contributed by atoms with Gasteiger partial charge in [-0.3, -0.25) is 14.9 Å². The smallest absolute Gasteiger partial charge is 0.274 e. The molecule has 0 fully saturated rings. The predicted octanol–water partition coefficient (Wildman–Crippen LogP) is 1.29. The van der Waals surface area contributed by atoms with Gasteiger partial charge in [-0.05, 0) is 36.8 Å². The average Bonchev–Trinajstić information content (AvgIpc) is 2.86. The maximum absolute atomic E-state index is 12.5. The Morgan fingerprint density at radius 2 is 1.77 bits per heavy atom. The number of aromatic carboxylic acids is 1. The molecule has 0 aliphatic carbocycles. The van der Waals surface area contributed by atoms with E-state index in [1.165, 1.54) is 12.1 Å². The number of hydrazone groups is 1. The standard InChI is InChI=1S/C19H18N4O3/c1-13-17(12-20-21-15-10-8-14(9-11-15)19(25)26)22(2)23(18(13)24)16-6-4-3-5-7-16/h3-12,21H,1-2H3,(H,25,26)/p-1/b20-12-. The van der Waals surface area contributed by atoms with Crippen molar-refractivity contribution in [3.05, 3.63) is 81.8 Å². The zero-order chi connectivity index (χ0) is 18.7. The molecule has 26 heavy (non-hydrogen) atoms. The molecule has 3 aromatic rings. The van der Waals surface area contributed by atoms with Crippen LogP contribution in [-0.2, 0) is 7.05 Å². The number of anilines is 1. The summed E-state index contributed by atoms with van der Waals surface area (Å²) in [6.45, 7) is 1.75. The molecule has 0 aliphatic rings. The third-order valence-corrected chi connectivity index (χ3v) is 4.05. The Kier molecular flexibility index (Phi) is 4.70. The van der Waals surface area contributed by atoms with Crippen molar-refractivity contribution in [1.29, 1.82) is 0 Å². The van der Waals surface area contributed by atoms with Gasteiger partial charge in [-0.1, -0.05) is 30.3 Å². The molecule has 0 aliphatic heterocycles. The van der Waals surface area contributed by atoms with Crippen LogP contribution >= 0.6 is 0 Å². The van der Waals surface area contributed by atoms with Crippen molar-refractivity contribution in [2.75, 3.05) is 5.43 Å². The summed E-state index contributed by atoms with van der Waals surface area (Å²) in [5.74, 6) is -1.23. The van der Waals surface area contributed by atoms with Gasteiger partial charge in [-0.15, -0.1) is 0 Å². The molecule has 3 rings (SSSR count). The van der Waals surface area contributed by atoms with Crippen LogP contribution in [0.4, 0.5) is 5.69 Å². The molecule has 7 heteroatoms. The van der Waals surface area contributed by atoms with E-state index in [0.29, 0.717) is 16.9 Å². The van der Waals surface area contributed by atoms with Gasteiger partial charge in [-0.2, -0.15) is 5.10 Å². The molecule has 0 radical (unpaired) electrons. The molecule has 0 unspecified atom stereocenters. The minimum atomic E-state index is -1.23. The molecule has 0 atom stereocenters. The van der Waals surface area contributed by atoms with E-state index in [1.807, 2.05) is 30.3 Å². The summed E-state index contributed by atoms with van der Waals surface area (Å²) < 4.78 is 3.31. The molecule has 1 heterocycles. The van der Waals surface area contributed by atoms with Gasteiger partial charge in [-0.25, -0.2) is 4.68 Å². The van der Waals surface area contributed by atoms with Crippen LogP contribution in [0.3, 0.4) is 0 Å². The van der Waals surface area contributed by atoms with Crippen LogP contribution in [-0.4, -0.2) is 21.5 Å². The summed E-state index contributed by atoms with van der Waals surface area (Å²) >= 11 is 0. The normalized spacial score (nSPS) is 11.0. The third-order valence-electron chi connectivity index (χ3n) is 4.05. The van der Waals surface area contributed by atoms with Gasteiger partial charge in [0.2, 0.25) is 0 Å². The maximum atomic E-state index is 12.5. The Labute approximate surface area is 149 Å². The minimum Gasteiger partial charge on any atom is -0.545 e. The Balaban J connectivity index is 1.85. The summed E-state index contributed by atoms with van der Waals surface area (Å²) in [5, 5.41) is 14.9. The third kappa shape index (κ3) is 3.27. The van der Waals surface area contributed by atoms with Gasteiger partial charge in [0.05, 0.1) is 29.3 Å². The Hall–Kier alpha value is -3.61. The van der Waals surface area contributed by atoms with Crippen LogP contribution in [0.15, 0.2) is 64.5 Å². The summed E-state index contributed by atoms with van der Waals surface area (Å²) in [4.78, 5) is 23.3. The van der Waals surface area contributed by atoms with Crippen LogP contribution < -0.4 is 16.1 Å². The second kappa shape index (κ2) is 7.10. The van der Waals surface area contributed by atoms with E-state index in [9.17, 15) is 14.7 Å². The van der Waals surface area contributed by atoms with E-state index in [4.69, 9.17) is 0 Å². The molecule has 2 aromatic carbocycles. The van der Waals surface area contributed by atoms with Crippen molar-refractivity contribution >= 4 is 17.9 Å². The number of rotatable bonds is 5. The highest BCUT2D eigenvalue weighted by Crippen LogP contribution is 2.11. The first-order valence-corrected chi connectivity index (χ1v) is 7.93. The molecule has 0 bridgehead atoms. The number of carbonyl (C=O) groups is 1. The quantitative estimate of drug-likeness (QED) is 0.555. The minimum absolute atomic E-state index is 0.0951. The SMILES string of the molecule is Cc1c(/C=N\Nc2ccc(C(=O)[O-])cc2)n(C)n(-c2ccccc2)c1=O. The summed E-state index contributed by atoms with van der Waals surface area (Å²) in [7, 11) is 1.79. The number of aromatic nitrogens is 2. The molecule has 1 N–H and O–H groups in total. The van der Waals surface area contributed by atoms with Crippen molar-refractivity contribution in [3.8, 4) is 5.69 Å². The fourth-order valence-corrected chi connectivity index (χ4v) is 2.64. The predicted molar refractivity (Wildman–Crippen MR) is 97.7 cm³/mol. The molecule has 1 aromatic heterocycles. The second-order valence-electron chi connectivity index (χ2n) is 5.72. The number of nitrogens with one attached hydrogen (secondary N) is 1. The Bertz CT molecular complexity index is 1020. The topological polar surface area (TPSA) is 91.4 Å². The van der Waals surface area contributed by atoms with Crippen LogP contribution in [0.2, 0.25) is 0 Å². The monoisotopic (exact) mass is 349 g/mol. The fraction of sp³-hybridized carbons (Fsp3) is 0.105. The zero-order valence-corrected chi connectivity index (χ0v) is 14.3.